The van der Waals surface area contributed by atoms with Crippen LogP contribution in [0.5, 0.6) is 0 Å². The largest absolute Gasteiger partial charge is 0.444 e. The van der Waals surface area contributed by atoms with E-state index in [0.29, 0.717) is 17.2 Å². The smallest absolute Gasteiger partial charge is 0.407 e. The van der Waals surface area contributed by atoms with Crippen LogP contribution in [0.2, 0.25) is 5.02 Å². The number of pyridine rings is 1. The van der Waals surface area contributed by atoms with Crippen molar-refractivity contribution in [1.29, 1.82) is 0 Å². The van der Waals surface area contributed by atoms with Gasteiger partial charge in [0.2, 0.25) is 10.0 Å². The van der Waals surface area contributed by atoms with Crippen molar-refractivity contribution >= 4 is 44.3 Å². The first-order valence-corrected chi connectivity index (χ1v) is 10.6. The first-order valence-electron chi connectivity index (χ1n) is 8.81. The highest BCUT2D eigenvalue weighted by Gasteiger charge is 2.35. The zero-order valence-electron chi connectivity index (χ0n) is 15.9. The van der Waals surface area contributed by atoms with Crippen LogP contribution in [0.3, 0.4) is 0 Å². The van der Waals surface area contributed by atoms with Crippen LogP contribution in [0.25, 0.3) is 10.8 Å². The molecule has 1 aromatic carbocycles. The predicted molar refractivity (Wildman–Crippen MR) is 108 cm³/mol. The van der Waals surface area contributed by atoms with Crippen LogP contribution in [0, 0.1) is 0 Å². The molecule has 3 N–H and O–H groups in total. The molecule has 10 heteroatoms. The molecule has 3 rings (SSSR count). The van der Waals surface area contributed by atoms with E-state index >= 15 is 0 Å². The number of anilines is 1. The van der Waals surface area contributed by atoms with Gasteiger partial charge in [-0.3, -0.25) is 0 Å². The van der Waals surface area contributed by atoms with Crippen molar-refractivity contribution < 1.29 is 17.9 Å². The lowest BCUT2D eigenvalue weighted by Gasteiger charge is -2.22. The quantitative estimate of drug-likeness (QED) is 0.779. The Kier molecular flexibility index (Phi) is 5.44. The predicted octanol–water partition coefficient (Wildman–Crippen LogP) is 2.76. The first-order chi connectivity index (χ1) is 13.0. The van der Waals surface area contributed by atoms with E-state index in [1.54, 1.807) is 32.9 Å². The fourth-order valence-electron chi connectivity index (χ4n) is 3.14. The molecule has 28 heavy (non-hydrogen) atoms. The van der Waals surface area contributed by atoms with E-state index in [9.17, 15) is 13.2 Å². The van der Waals surface area contributed by atoms with Crippen LogP contribution in [-0.2, 0) is 14.8 Å². The molecular weight excluding hydrogens is 404 g/mol. The lowest BCUT2D eigenvalue weighted by Crippen LogP contribution is -2.41. The molecule has 1 saturated heterocycles. The highest BCUT2D eigenvalue weighted by molar-refractivity contribution is 7.89. The third-order valence-corrected chi connectivity index (χ3v) is 6.54. The number of rotatable bonds is 3. The monoisotopic (exact) mass is 426 g/mol. The zero-order chi connectivity index (χ0) is 20.7. The third-order valence-electron chi connectivity index (χ3n) is 4.35. The van der Waals surface area contributed by atoms with Crippen LogP contribution < -0.4 is 11.1 Å². The maximum Gasteiger partial charge on any atom is 0.407 e. The highest BCUT2D eigenvalue weighted by atomic mass is 35.5. The molecule has 152 valence electrons. The molecule has 1 unspecified atom stereocenters. The van der Waals surface area contributed by atoms with E-state index in [2.05, 4.69) is 10.3 Å². The number of carbonyl (C=O) groups is 1. The number of ether oxygens (including phenoxy) is 1. The summed E-state index contributed by atoms with van der Waals surface area (Å²) < 4.78 is 33.0. The fraction of sp³-hybridized carbons (Fsp3) is 0.444. The molecular formula is C18H23ClN4O4S. The second-order valence-corrected chi connectivity index (χ2v) is 9.98. The molecule has 1 fully saturated rings. The number of alkyl carbamates (subject to hydrolysis) is 1. The number of fused-ring (bicyclic) bond motifs is 1. The van der Waals surface area contributed by atoms with Gasteiger partial charge in [0.1, 0.15) is 11.4 Å². The van der Waals surface area contributed by atoms with Gasteiger partial charge < -0.3 is 15.8 Å². The van der Waals surface area contributed by atoms with Crippen LogP contribution in [-0.4, -0.2) is 48.5 Å². The highest BCUT2D eigenvalue weighted by Crippen LogP contribution is 2.34. The van der Waals surface area contributed by atoms with Gasteiger partial charge in [-0.1, -0.05) is 23.7 Å². The Morgan fingerprint density at radius 3 is 2.79 bits per heavy atom. The number of nitrogens with zero attached hydrogens (tertiary/aromatic N) is 2. The molecule has 0 aliphatic carbocycles. The van der Waals surface area contributed by atoms with Gasteiger partial charge in [0.05, 0.1) is 9.92 Å². The van der Waals surface area contributed by atoms with Crippen LogP contribution in [0.15, 0.2) is 29.3 Å². The van der Waals surface area contributed by atoms with Crippen molar-refractivity contribution in [3.63, 3.8) is 0 Å². The van der Waals surface area contributed by atoms with Crippen molar-refractivity contribution in [2.75, 3.05) is 18.8 Å². The maximum atomic E-state index is 13.2. The molecule has 0 spiro atoms. The summed E-state index contributed by atoms with van der Waals surface area (Å²) >= 11 is 6.23. The lowest BCUT2D eigenvalue weighted by atomic mass is 10.1. The van der Waals surface area contributed by atoms with E-state index in [4.69, 9.17) is 22.1 Å². The van der Waals surface area contributed by atoms with Crippen molar-refractivity contribution in [3.05, 3.63) is 29.4 Å². The minimum atomic E-state index is -3.83. The summed E-state index contributed by atoms with van der Waals surface area (Å²) in [7, 11) is -3.83. The van der Waals surface area contributed by atoms with Crippen LogP contribution in [0.4, 0.5) is 10.6 Å². The van der Waals surface area contributed by atoms with Gasteiger partial charge in [-0.2, -0.15) is 4.31 Å². The molecule has 8 nitrogen and oxygen atoms in total. The number of sulfonamides is 1. The third kappa shape index (κ3) is 4.16. The Bertz CT molecular complexity index is 1020. The number of hydrogen-bond donors (Lipinski definition) is 2. The Morgan fingerprint density at radius 2 is 2.11 bits per heavy atom. The van der Waals surface area contributed by atoms with Gasteiger partial charge in [-0.25, -0.2) is 18.2 Å². The summed E-state index contributed by atoms with van der Waals surface area (Å²) in [6, 6.07) is 4.45. The summed E-state index contributed by atoms with van der Waals surface area (Å²) in [6.45, 7) is 5.72. The molecule has 2 aromatic rings. The van der Waals surface area contributed by atoms with Crippen molar-refractivity contribution in [1.82, 2.24) is 14.6 Å². The first kappa shape index (κ1) is 20.6. The zero-order valence-corrected chi connectivity index (χ0v) is 17.5. The number of aromatic nitrogens is 1. The molecule has 2 heterocycles. The Morgan fingerprint density at radius 1 is 1.39 bits per heavy atom. The molecule has 1 aromatic heterocycles. The van der Waals surface area contributed by atoms with Gasteiger partial charge >= 0.3 is 6.09 Å². The maximum absolute atomic E-state index is 13.2. The number of nitrogens with one attached hydrogen (secondary N) is 1. The number of amides is 1. The van der Waals surface area contributed by atoms with Crippen molar-refractivity contribution in [3.8, 4) is 0 Å². The number of nitrogens with two attached hydrogens (primary N) is 1. The van der Waals surface area contributed by atoms with E-state index in [1.807, 2.05) is 0 Å². The number of hydrogen-bond acceptors (Lipinski definition) is 6. The minimum absolute atomic E-state index is 0.0713. The fourth-order valence-corrected chi connectivity index (χ4v) is 5.18. The Balaban J connectivity index is 1.85. The molecule has 0 radical (unpaired) electrons. The van der Waals surface area contributed by atoms with Gasteiger partial charge in [-0.05, 0) is 33.3 Å². The van der Waals surface area contributed by atoms with E-state index < -0.39 is 21.7 Å². The molecule has 0 bridgehead atoms. The number of halogens is 1. The number of carbonyl (C=O) groups excluding carboxylic acids is 1. The van der Waals surface area contributed by atoms with Gasteiger partial charge in [-0.15, -0.1) is 0 Å². The minimum Gasteiger partial charge on any atom is -0.444 e. The Labute approximate surface area is 169 Å². The van der Waals surface area contributed by atoms with E-state index in [1.165, 1.54) is 16.6 Å². The molecule has 1 atom stereocenters. The number of benzene rings is 1. The average Bonchev–Trinajstić information content (AvgIpc) is 3.05. The van der Waals surface area contributed by atoms with Crippen molar-refractivity contribution in [2.45, 2.75) is 43.7 Å². The van der Waals surface area contributed by atoms with Gasteiger partial charge in [0.15, 0.2) is 0 Å². The van der Waals surface area contributed by atoms with E-state index in [-0.39, 0.29) is 34.9 Å². The summed E-state index contributed by atoms with van der Waals surface area (Å²) in [6.07, 6.45) is 1.26. The summed E-state index contributed by atoms with van der Waals surface area (Å²) in [5.74, 6) is 0.211. The van der Waals surface area contributed by atoms with Gasteiger partial charge in [0.25, 0.3) is 0 Å². The molecule has 1 amide bonds. The average molecular weight is 427 g/mol. The molecule has 0 saturated carbocycles. The molecule has 1 aliphatic rings. The standard InChI is InChI=1S/C18H23ClN4O4S/c1-18(2,3)27-17(24)22-11-7-8-23(10-11)28(25,26)14-6-4-5-12-15(14)13(19)9-21-16(12)20/h4-6,9,11H,7-8,10H2,1-3H3,(H2,20,21)(H,22,24). The molecule has 1 aliphatic heterocycles. The summed E-state index contributed by atoms with van der Waals surface area (Å²) in [4.78, 5) is 16.0. The van der Waals surface area contributed by atoms with E-state index in [0.717, 1.165) is 0 Å². The Hall–Kier alpha value is -2.10. The second kappa shape index (κ2) is 7.38. The summed E-state index contributed by atoms with van der Waals surface area (Å²) in [5, 5.41) is 3.77. The van der Waals surface area contributed by atoms with Gasteiger partial charge in [0, 0.05) is 36.1 Å². The van der Waals surface area contributed by atoms with Crippen molar-refractivity contribution in [2.24, 2.45) is 0 Å². The SMILES string of the molecule is CC(C)(C)OC(=O)NC1CCN(S(=O)(=O)c2cccc3c(N)ncc(Cl)c23)C1. The second-order valence-electron chi connectivity index (χ2n) is 7.66. The summed E-state index contributed by atoms with van der Waals surface area (Å²) in [5.41, 5.74) is 5.26. The normalized spacial score (nSPS) is 18.4. The topological polar surface area (TPSA) is 115 Å². The lowest BCUT2D eigenvalue weighted by molar-refractivity contribution is 0.0507. The van der Waals surface area contributed by atoms with Crippen LogP contribution >= 0.6 is 11.6 Å². The van der Waals surface area contributed by atoms with Crippen LogP contribution in [0.1, 0.15) is 27.2 Å². The number of nitrogen functional groups attached to an aromatic ring is 1.